The quantitative estimate of drug-likeness (QED) is 0.531. The minimum atomic E-state index is -3.73. The van der Waals surface area contributed by atoms with Gasteiger partial charge in [0.2, 0.25) is 0 Å². The number of nitrogens with zero attached hydrogens (tertiary/aromatic N) is 1. The van der Waals surface area contributed by atoms with Crippen molar-refractivity contribution in [3.8, 4) is 0 Å². The molecule has 3 nitrogen and oxygen atoms in total. The molecule has 4 rings (SSSR count). The van der Waals surface area contributed by atoms with Gasteiger partial charge in [0.1, 0.15) is 0 Å². The summed E-state index contributed by atoms with van der Waals surface area (Å²) in [5, 5.41) is 0.504. The lowest BCUT2D eigenvalue weighted by Gasteiger charge is -2.38. The third kappa shape index (κ3) is 2.89. The maximum atomic E-state index is 13.8. The van der Waals surface area contributed by atoms with E-state index in [9.17, 15) is 8.42 Å². The molecule has 3 aromatic carbocycles. The number of benzene rings is 3. The van der Waals surface area contributed by atoms with Crippen molar-refractivity contribution in [2.24, 2.45) is 0 Å². The maximum Gasteiger partial charge on any atom is 0.265 e. The molecule has 1 aliphatic rings. The Morgan fingerprint density at radius 3 is 2.22 bits per heavy atom. The van der Waals surface area contributed by atoms with Crippen molar-refractivity contribution in [2.75, 3.05) is 9.64 Å². The van der Waals surface area contributed by atoms with Crippen LogP contribution in [-0.4, -0.2) is 13.7 Å². The molecule has 1 heterocycles. The van der Waals surface area contributed by atoms with Crippen LogP contribution in [0, 0.1) is 6.92 Å². The number of rotatable bonds is 4. The number of anilines is 1. The predicted octanol–water partition coefficient (Wildman–Crippen LogP) is 5.04. The van der Waals surface area contributed by atoms with Gasteiger partial charge in [-0.1, -0.05) is 82.2 Å². The third-order valence-corrected chi connectivity index (χ3v) is 8.00. The Morgan fingerprint density at radius 2 is 1.56 bits per heavy atom. The van der Waals surface area contributed by atoms with Gasteiger partial charge in [0.05, 0.1) is 16.1 Å². The molecule has 27 heavy (non-hydrogen) atoms. The van der Waals surface area contributed by atoms with E-state index < -0.39 is 15.6 Å². The van der Waals surface area contributed by atoms with Gasteiger partial charge < -0.3 is 0 Å². The predicted molar refractivity (Wildman–Crippen MR) is 113 cm³/mol. The lowest BCUT2D eigenvalue weighted by atomic mass is 9.89. The Morgan fingerprint density at radius 1 is 0.926 bits per heavy atom. The monoisotopic (exact) mass is 441 g/mol. The van der Waals surface area contributed by atoms with E-state index in [4.69, 9.17) is 0 Å². The first kappa shape index (κ1) is 18.3. The molecular formula is C22H20BrNO2S. The molecule has 0 spiro atoms. The van der Waals surface area contributed by atoms with Crippen LogP contribution in [0.2, 0.25) is 0 Å². The fourth-order valence-corrected chi connectivity index (χ4v) is 6.56. The van der Waals surface area contributed by atoms with Gasteiger partial charge in [0.15, 0.2) is 0 Å². The molecule has 0 saturated heterocycles. The highest BCUT2D eigenvalue weighted by Crippen LogP contribution is 2.49. The first-order chi connectivity index (χ1) is 13.0. The number of sulfonamides is 1. The highest BCUT2D eigenvalue weighted by molar-refractivity contribution is 9.09. The molecule has 0 fully saturated rings. The van der Waals surface area contributed by atoms with Crippen LogP contribution in [0.25, 0.3) is 0 Å². The number of aryl methyl sites for hydroxylation is 1. The first-order valence-electron chi connectivity index (χ1n) is 8.80. The maximum absolute atomic E-state index is 13.8. The van der Waals surface area contributed by atoms with Gasteiger partial charge in [0.25, 0.3) is 10.0 Å². The second-order valence-electron chi connectivity index (χ2n) is 6.92. The summed E-state index contributed by atoms with van der Waals surface area (Å²) < 4.78 is 29.1. The summed E-state index contributed by atoms with van der Waals surface area (Å²) in [5.74, 6) is 0. The van der Waals surface area contributed by atoms with Crippen LogP contribution in [0.3, 0.4) is 0 Å². The second kappa shape index (κ2) is 6.80. The van der Waals surface area contributed by atoms with Crippen molar-refractivity contribution in [3.05, 3.63) is 95.6 Å². The van der Waals surface area contributed by atoms with E-state index in [1.54, 1.807) is 16.4 Å². The molecular weight excluding hydrogens is 422 g/mol. The Kier molecular flexibility index (Phi) is 4.60. The Balaban J connectivity index is 1.97. The average molecular weight is 442 g/mol. The van der Waals surface area contributed by atoms with Crippen molar-refractivity contribution in [3.63, 3.8) is 0 Å². The number of fused-ring (bicyclic) bond motifs is 1. The van der Waals surface area contributed by atoms with Crippen LogP contribution in [0.15, 0.2) is 83.8 Å². The van der Waals surface area contributed by atoms with Crippen LogP contribution in [0.4, 0.5) is 5.69 Å². The molecule has 1 atom stereocenters. The van der Waals surface area contributed by atoms with Crippen molar-refractivity contribution in [1.29, 1.82) is 0 Å². The topological polar surface area (TPSA) is 37.4 Å². The molecule has 0 aromatic heterocycles. The second-order valence-corrected chi connectivity index (χ2v) is 9.27. The van der Waals surface area contributed by atoms with Gasteiger partial charge in [-0.3, -0.25) is 4.31 Å². The van der Waals surface area contributed by atoms with Crippen molar-refractivity contribution >= 4 is 31.6 Å². The van der Waals surface area contributed by atoms with Crippen LogP contribution < -0.4 is 4.31 Å². The SMILES string of the molecule is Cc1ccc(S(=O)(=O)N2c3ccccc3C[C@]2(CBr)c2ccccc2)cc1. The summed E-state index contributed by atoms with van der Waals surface area (Å²) in [6.07, 6.45) is 0.629. The van der Waals surface area contributed by atoms with Gasteiger partial charge in [-0.25, -0.2) is 8.42 Å². The summed E-state index contributed by atoms with van der Waals surface area (Å²) in [5.41, 5.74) is 3.10. The molecule has 0 radical (unpaired) electrons. The molecule has 0 aliphatic carbocycles. The molecule has 0 amide bonds. The third-order valence-electron chi connectivity index (χ3n) is 5.17. The number of halogens is 1. The van der Waals surface area contributed by atoms with Crippen molar-refractivity contribution < 1.29 is 8.42 Å². The van der Waals surface area contributed by atoms with Crippen molar-refractivity contribution in [1.82, 2.24) is 0 Å². The Bertz CT molecular complexity index is 1060. The number of alkyl halides is 1. The van der Waals surface area contributed by atoms with Crippen LogP contribution in [0.1, 0.15) is 16.7 Å². The zero-order valence-electron chi connectivity index (χ0n) is 15.0. The van der Waals surface area contributed by atoms with Crippen LogP contribution in [-0.2, 0) is 22.0 Å². The van der Waals surface area contributed by atoms with E-state index in [1.807, 2.05) is 73.7 Å². The van der Waals surface area contributed by atoms with E-state index in [1.165, 1.54) is 0 Å². The van der Waals surface area contributed by atoms with E-state index in [-0.39, 0.29) is 0 Å². The van der Waals surface area contributed by atoms with Crippen molar-refractivity contribution in [2.45, 2.75) is 23.8 Å². The number of para-hydroxylation sites is 1. The van der Waals surface area contributed by atoms with E-state index in [2.05, 4.69) is 15.9 Å². The molecule has 0 unspecified atom stereocenters. The smallest absolute Gasteiger partial charge is 0.254 e. The van der Waals surface area contributed by atoms with E-state index in [0.717, 1.165) is 22.4 Å². The molecule has 138 valence electrons. The molecule has 0 saturated carbocycles. The van der Waals surface area contributed by atoms with Crippen LogP contribution in [0.5, 0.6) is 0 Å². The molecule has 0 bridgehead atoms. The standard InChI is InChI=1S/C22H20BrNO2S/c1-17-11-13-20(14-12-17)27(25,26)24-21-10-6-5-7-18(21)15-22(24,16-23)19-8-3-2-4-9-19/h2-14H,15-16H2,1H3/t22-/m0/s1. The first-order valence-corrected chi connectivity index (χ1v) is 11.4. The fraction of sp³-hybridized carbons (Fsp3) is 0.182. The molecule has 1 aliphatic heterocycles. The minimum absolute atomic E-state index is 0.311. The zero-order chi connectivity index (χ0) is 19.1. The highest BCUT2D eigenvalue weighted by Gasteiger charge is 2.50. The summed E-state index contributed by atoms with van der Waals surface area (Å²) in [4.78, 5) is 0.311. The summed E-state index contributed by atoms with van der Waals surface area (Å²) in [6.45, 7) is 1.95. The lowest BCUT2D eigenvalue weighted by molar-refractivity contribution is 0.512. The summed E-state index contributed by atoms with van der Waals surface area (Å²) in [6, 6.07) is 24.7. The lowest BCUT2D eigenvalue weighted by Crippen LogP contribution is -2.49. The van der Waals surface area contributed by atoms with Crippen LogP contribution >= 0.6 is 15.9 Å². The molecule has 0 N–H and O–H groups in total. The fourth-order valence-electron chi connectivity index (χ4n) is 3.80. The van der Waals surface area contributed by atoms with E-state index >= 15 is 0 Å². The summed E-state index contributed by atoms with van der Waals surface area (Å²) >= 11 is 3.64. The Hall–Kier alpha value is -2.11. The Labute approximate surface area is 168 Å². The summed E-state index contributed by atoms with van der Waals surface area (Å²) in [7, 11) is -3.73. The van der Waals surface area contributed by atoms with Gasteiger partial charge in [-0.2, -0.15) is 0 Å². The molecule has 5 heteroatoms. The largest absolute Gasteiger partial charge is 0.265 e. The molecule has 3 aromatic rings. The zero-order valence-corrected chi connectivity index (χ0v) is 17.4. The van der Waals surface area contributed by atoms with Gasteiger partial charge in [-0.15, -0.1) is 0 Å². The highest BCUT2D eigenvalue weighted by atomic mass is 79.9. The average Bonchev–Trinajstić information content (AvgIpc) is 3.05. The minimum Gasteiger partial charge on any atom is -0.254 e. The number of hydrogen-bond acceptors (Lipinski definition) is 2. The number of hydrogen-bond donors (Lipinski definition) is 0. The normalized spacial score (nSPS) is 19.1. The van der Waals surface area contributed by atoms with Gasteiger partial charge >= 0.3 is 0 Å². The van der Waals surface area contributed by atoms with Gasteiger partial charge in [-0.05, 0) is 36.2 Å². The van der Waals surface area contributed by atoms with E-state index in [0.29, 0.717) is 16.6 Å². The van der Waals surface area contributed by atoms with Gasteiger partial charge in [0, 0.05) is 11.8 Å².